The van der Waals surface area contributed by atoms with E-state index in [1.54, 1.807) is 49.8 Å². The Kier molecular flexibility index (Phi) is 11.2. The van der Waals surface area contributed by atoms with Crippen LogP contribution in [0.25, 0.3) is 0 Å². The molecule has 2 aliphatic heterocycles. The summed E-state index contributed by atoms with van der Waals surface area (Å²) in [5.41, 5.74) is 8.84. The fourth-order valence-corrected chi connectivity index (χ4v) is 8.79. The summed E-state index contributed by atoms with van der Waals surface area (Å²) in [7, 11) is 11.8. The number of fused-ring (bicyclic) bond motifs is 2. The molecule has 0 radical (unpaired) electrons. The van der Waals surface area contributed by atoms with Gasteiger partial charge in [-0.1, -0.05) is 36.4 Å². The van der Waals surface area contributed by atoms with Crippen LogP contribution in [-0.4, -0.2) is 55.9 Å². The minimum absolute atomic E-state index is 0.214. The highest BCUT2D eigenvalue weighted by molar-refractivity contribution is 5.61. The van der Waals surface area contributed by atoms with Crippen molar-refractivity contribution in [3.8, 4) is 40.2 Å². The van der Waals surface area contributed by atoms with Gasteiger partial charge in [0, 0.05) is 30.0 Å². The lowest BCUT2D eigenvalue weighted by molar-refractivity contribution is 0.0386. The van der Waals surface area contributed by atoms with Crippen molar-refractivity contribution < 1.29 is 42.6 Å². The average Bonchev–Trinajstić information content (AvgIpc) is 3.87. The molecule has 9 nitrogen and oxygen atoms in total. The maximum absolute atomic E-state index is 7.22. The Morgan fingerprint density at radius 2 is 1.03 bits per heavy atom. The molecule has 3 aliphatic rings. The highest BCUT2D eigenvalue weighted by atomic mass is 16.5. The van der Waals surface area contributed by atoms with E-state index in [1.165, 1.54) is 11.1 Å². The molecule has 1 fully saturated rings. The van der Waals surface area contributed by atoms with Crippen LogP contribution in [0.1, 0.15) is 63.8 Å². The molecule has 5 aromatic rings. The molecule has 8 rings (SSSR count). The number of aryl methyl sites for hydroxylation is 2. The van der Waals surface area contributed by atoms with E-state index >= 15 is 0 Å². The molecular weight excluding hydrogens is 733 g/mol. The topological polar surface area (TPSA) is 83.1 Å². The van der Waals surface area contributed by atoms with Crippen molar-refractivity contribution in [2.45, 2.75) is 49.4 Å². The normalized spacial score (nSPS) is 20.7. The second-order valence-electron chi connectivity index (χ2n) is 14.7. The van der Waals surface area contributed by atoms with Gasteiger partial charge in [0.25, 0.3) is 0 Å². The number of hydrogen-bond donors (Lipinski definition) is 0. The van der Waals surface area contributed by atoms with Gasteiger partial charge in [0.15, 0.2) is 0 Å². The lowest BCUT2D eigenvalue weighted by Crippen LogP contribution is -2.22. The molecule has 5 atom stereocenters. The van der Waals surface area contributed by atoms with E-state index in [1.807, 2.05) is 48.5 Å². The van der Waals surface area contributed by atoms with Crippen LogP contribution in [0.4, 0.5) is 0 Å². The van der Waals surface area contributed by atoms with Gasteiger partial charge in [-0.15, -0.1) is 0 Å². The van der Waals surface area contributed by atoms with Crippen LogP contribution in [0.2, 0.25) is 0 Å². The summed E-state index contributed by atoms with van der Waals surface area (Å²) < 4.78 is 54.7. The maximum atomic E-state index is 7.22. The Bertz CT molecular complexity index is 2270. The molecule has 0 spiro atoms. The summed E-state index contributed by atoms with van der Waals surface area (Å²) >= 11 is 0. The third kappa shape index (κ3) is 7.42. The van der Waals surface area contributed by atoms with Crippen molar-refractivity contribution in [1.29, 1.82) is 0 Å². The first-order valence-corrected chi connectivity index (χ1v) is 19.5. The number of allylic oxidation sites excluding steroid dienone is 1. The minimum Gasteiger partial charge on any atom is -0.501 e. The SMILES string of the molecule is COC1=CC([C@H]2c3c(CCc4ccc(OC)cc4)cc(OC)cc3O[C@@H]2c2ccc(OC)cc2)=C2C(C1)O[C@@H](c1ccc(OC)cc1)[C@@H]2c1cc(OC)cc(OC)c1. The Labute approximate surface area is 340 Å². The van der Waals surface area contributed by atoms with Gasteiger partial charge in [-0.05, 0) is 112 Å². The Hall–Kier alpha value is -6.06. The monoisotopic (exact) mass is 782 g/mol. The summed E-state index contributed by atoms with van der Waals surface area (Å²) in [6, 6.07) is 34.9. The van der Waals surface area contributed by atoms with Gasteiger partial charge in [-0.25, -0.2) is 0 Å². The second-order valence-corrected chi connectivity index (χ2v) is 14.7. The molecule has 0 saturated carbocycles. The number of benzene rings is 5. The van der Waals surface area contributed by atoms with Gasteiger partial charge in [-0.2, -0.15) is 0 Å². The van der Waals surface area contributed by atoms with E-state index in [0.29, 0.717) is 17.9 Å². The molecule has 9 heteroatoms. The lowest BCUT2D eigenvalue weighted by Gasteiger charge is -2.31. The Balaban J connectivity index is 1.36. The summed E-state index contributed by atoms with van der Waals surface area (Å²) in [4.78, 5) is 0. The average molecular weight is 783 g/mol. The van der Waals surface area contributed by atoms with Crippen molar-refractivity contribution in [2.24, 2.45) is 0 Å². The molecule has 0 aromatic heterocycles. The first-order valence-electron chi connectivity index (χ1n) is 19.5. The zero-order chi connectivity index (χ0) is 40.3. The van der Waals surface area contributed by atoms with E-state index in [0.717, 1.165) is 80.7 Å². The van der Waals surface area contributed by atoms with Gasteiger partial charge in [0.05, 0.1) is 73.7 Å². The maximum Gasteiger partial charge on any atom is 0.135 e. The predicted octanol–water partition coefficient (Wildman–Crippen LogP) is 9.90. The number of rotatable bonds is 14. The molecular formula is C49H50O9. The third-order valence-electron chi connectivity index (χ3n) is 11.7. The molecule has 1 unspecified atom stereocenters. The first kappa shape index (κ1) is 38.8. The van der Waals surface area contributed by atoms with Crippen LogP contribution >= 0.6 is 0 Å². The van der Waals surface area contributed by atoms with Gasteiger partial charge < -0.3 is 42.6 Å². The molecule has 1 saturated heterocycles. The predicted molar refractivity (Wildman–Crippen MR) is 222 cm³/mol. The molecule has 1 aliphatic carbocycles. The molecule has 300 valence electrons. The zero-order valence-electron chi connectivity index (χ0n) is 34.1. The van der Waals surface area contributed by atoms with E-state index in [4.69, 9.17) is 42.6 Å². The molecule has 2 heterocycles. The van der Waals surface area contributed by atoms with Gasteiger partial charge in [-0.3, -0.25) is 0 Å². The number of ether oxygens (including phenoxy) is 9. The van der Waals surface area contributed by atoms with Crippen molar-refractivity contribution in [2.75, 3.05) is 49.8 Å². The lowest BCUT2D eigenvalue weighted by atomic mass is 9.72. The van der Waals surface area contributed by atoms with Crippen molar-refractivity contribution in [1.82, 2.24) is 0 Å². The van der Waals surface area contributed by atoms with Crippen LogP contribution in [0.5, 0.6) is 40.2 Å². The number of methoxy groups -OCH3 is 7. The molecule has 0 amide bonds. The van der Waals surface area contributed by atoms with Crippen LogP contribution in [0, 0.1) is 0 Å². The fraction of sp³-hybridized carbons (Fsp3) is 0.306. The quantitative estimate of drug-likeness (QED) is 0.109. The third-order valence-corrected chi connectivity index (χ3v) is 11.7. The summed E-state index contributed by atoms with van der Waals surface area (Å²) in [5.74, 6) is 5.72. The summed E-state index contributed by atoms with van der Waals surface area (Å²) in [5, 5.41) is 0. The Morgan fingerprint density at radius 3 is 1.59 bits per heavy atom. The first-order chi connectivity index (χ1) is 28.4. The van der Waals surface area contributed by atoms with Crippen LogP contribution in [0.3, 0.4) is 0 Å². The van der Waals surface area contributed by atoms with E-state index in [9.17, 15) is 0 Å². The molecule has 0 bridgehead atoms. The molecule has 5 aromatic carbocycles. The number of hydrogen-bond acceptors (Lipinski definition) is 9. The highest BCUT2D eigenvalue weighted by Crippen LogP contribution is 2.60. The van der Waals surface area contributed by atoms with Crippen molar-refractivity contribution >= 4 is 0 Å². The summed E-state index contributed by atoms with van der Waals surface area (Å²) in [6.45, 7) is 0. The van der Waals surface area contributed by atoms with Crippen molar-refractivity contribution in [3.63, 3.8) is 0 Å². The zero-order valence-corrected chi connectivity index (χ0v) is 34.1. The standard InChI is InChI=1S/C49H50O9/c1-50-34-16-9-29(10-17-34)8-11-32-22-39(55-6)27-42-44(32)47(49(57-42)31-14-20-36(52-3)21-15-31)41-26-40(56-7)28-43-46(41)45(33-23-37(53-4)25-38(24-33)54-5)48(58-43)30-12-18-35(51-2)19-13-30/h9-10,12-27,43,45,47-49H,8,11,28H2,1-7H3/t43?,45-,47+,48+,49-/m1/s1. The smallest absolute Gasteiger partial charge is 0.135 e. The fourth-order valence-electron chi connectivity index (χ4n) is 8.79. The van der Waals surface area contributed by atoms with Gasteiger partial charge in [0.1, 0.15) is 46.4 Å². The van der Waals surface area contributed by atoms with Crippen LogP contribution in [-0.2, 0) is 22.3 Å². The largest absolute Gasteiger partial charge is 0.501 e. The molecule has 58 heavy (non-hydrogen) atoms. The second kappa shape index (κ2) is 16.8. The summed E-state index contributed by atoms with van der Waals surface area (Å²) in [6.07, 6.45) is 3.37. The Morgan fingerprint density at radius 1 is 0.500 bits per heavy atom. The van der Waals surface area contributed by atoms with Crippen LogP contribution in [0.15, 0.2) is 126 Å². The highest BCUT2D eigenvalue weighted by Gasteiger charge is 2.49. The molecule has 0 N–H and O–H groups in total. The van der Waals surface area contributed by atoms with E-state index in [2.05, 4.69) is 60.7 Å². The minimum atomic E-state index is -0.385. The van der Waals surface area contributed by atoms with Crippen molar-refractivity contribution in [3.05, 3.63) is 159 Å². The van der Waals surface area contributed by atoms with Gasteiger partial charge >= 0.3 is 0 Å². The van der Waals surface area contributed by atoms with Gasteiger partial charge in [0.2, 0.25) is 0 Å². The van der Waals surface area contributed by atoms with E-state index in [-0.39, 0.29) is 30.1 Å². The van der Waals surface area contributed by atoms with E-state index < -0.39 is 0 Å². The van der Waals surface area contributed by atoms with Crippen LogP contribution < -0.4 is 33.2 Å².